The number of aliphatic hydroxyl groups excluding tert-OH is 1. The molecule has 1 aromatic carbocycles. The van der Waals surface area contributed by atoms with Gasteiger partial charge in [0.2, 0.25) is 0 Å². The number of rotatable bonds is 4. The minimum Gasteiger partial charge on any atom is -0.394 e. The van der Waals surface area contributed by atoms with E-state index in [1.165, 1.54) is 0 Å². The summed E-state index contributed by atoms with van der Waals surface area (Å²) in [5, 5.41) is 14.1. The Balaban J connectivity index is 2.49. The summed E-state index contributed by atoms with van der Waals surface area (Å²) in [6.07, 6.45) is 2.00. The van der Waals surface area contributed by atoms with Crippen LogP contribution in [0, 0.1) is 0 Å². The molecule has 4 nitrogen and oxygen atoms in total. The van der Waals surface area contributed by atoms with Gasteiger partial charge in [0.05, 0.1) is 12.6 Å². The number of nitrogens with one attached hydrogen (secondary N) is 2. The van der Waals surface area contributed by atoms with Crippen LogP contribution in [0.2, 0.25) is 0 Å². The van der Waals surface area contributed by atoms with Crippen LogP contribution < -0.4 is 10.6 Å². The Morgan fingerprint density at radius 2 is 2.06 bits per heavy atom. The lowest BCUT2D eigenvalue weighted by molar-refractivity contribution is 0.229. The smallest absolute Gasteiger partial charge is 0.319 e. The molecular formula is C11H16N2O2S. The van der Waals surface area contributed by atoms with E-state index in [4.69, 9.17) is 5.11 Å². The average molecular weight is 240 g/mol. The predicted octanol–water partition coefficient (Wildman–Crippen LogP) is 1.91. The second-order valence-electron chi connectivity index (χ2n) is 3.41. The van der Waals surface area contributed by atoms with Crippen LogP contribution in [0.1, 0.15) is 6.92 Å². The highest BCUT2D eigenvalue weighted by Gasteiger charge is 2.05. The summed E-state index contributed by atoms with van der Waals surface area (Å²) in [5.74, 6) is 0. The van der Waals surface area contributed by atoms with Crippen LogP contribution in [0.5, 0.6) is 0 Å². The van der Waals surface area contributed by atoms with E-state index in [0.717, 1.165) is 10.6 Å². The third-order valence-electron chi connectivity index (χ3n) is 2.00. The highest BCUT2D eigenvalue weighted by molar-refractivity contribution is 7.98. The maximum absolute atomic E-state index is 11.4. The summed E-state index contributed by atoms with van der Waals surface area (Å²) in [7, 11) is 0. The lowest BCUT2D eigenvalue weighted by Crippen LogP contribution is -2.38. The maximum Gasteiger partial charge on any atom is 0.319 e. The number of urea groups is 1. The van der Waals surface area contributed by atoms with Gasteiger partial charge in [-0.25, -0.2) is 4.79 Å². The van der Waals surface area contributed by atoms with E-state index >= 15 is 0 Å². The fourth-order valence-corrected chi connectivity index (χ4v) is 1.52. The topological polar surface area (TPSA) is 61.4 Å². The summed E-state index contributed by atoms with van der Waals surface area (Å²) in [5.41, 5.74) is 0.737. The highest BCUT2D eigenvalue weighted by atomic mass is 32.2. The van der Waals surface area contributed by atoms with Gasteiger partial charge in [-0.1, -0.05) is 0 Å². The molecule has 0 aliphatic heterocycles. The molecule has 0 aliphatic rings. The van der Waals surface area contributed by atoms with Crippen molar-refractivity contribution in [2.45, 2.75) is 17.9 Å². The lowest BCUT2D eigenvalue weighted by Gasteiger charge is -2.12. The van der Waals surface area contributed by atoms with E-state index in [2.05, 4.69) is 10.6 Å². The second-order valence-corrected chi connectivity index (χ2v) is 4.29. The van der Waals surface area contributed by atoms with Crippen molar-refractivity contribution < 1.29 is 9.90 Å². The van der Waals surface area contributed by atoms with Gasteiger partial charge in [-0.15, -0.1) is 11.8 Å². The summed E-state index contributed by atoms with van der Waals surface area (Å²) in [6.45, 7) is 1.66. The van der Waals surface area contributed by atoms with E-state index in [1.807, 2.05) is 30.5 Å². The fourth-order valence-electron chi connectivity index (χ4n) is 1.11. The van der Waals surface area contributed by atoms with E-state index in [-0.39, 0.29) is 18.7 Å². The van der Waals surface area contributed by atoms with Gasteiger partial charge in [-0.05, 0) is 37.4 Å². The number of carbonyl (C=O) groups is 1. The monoisotopic (exact) mass is 240 g/mol. The normalized spacial score (nSPS) is 11.9. The molecule has 0 fully saturated rings. The van der Waals surface area contributed by atoms with E-state index in [9.17, 15) is 4.79 Å². The van der Waals surface area contributed by atoms with Crippen LogP contribution in [-0.4, -0.2) is 30.0 Å². The molecule has 1 rings (SSSR count). The van der Waals surface area contributed by atoms with Crippen molar-refractivity contribution in [3.05, 3.63) is 24.3 Å². The molecule has 0 heterocycles. The van der Waals surface area contributed by atoms with Crippen LogP contribution in [0.25, 0.3) is 0 Å². The number of aliphatic hydroxyl groups is 1. The molecule has 0 bridgehead atoms. The number of hydrogen-bond donors (Lipinski definition) is 3. The maximum atomic E-state index is 11.4. The zero-order chi connectivity index (χ0) is 12.0. The van der Waals surface area contributed by atoms with Gasteiger partial charge in [-0.2, -0.15) is 0 Å². The fraction of sp³-hybridized carbons (Fsp3) is 0.364. The van der Waals surface area contributed by atoms with Crippen LogP contribution in [0.3, 0.4) is 0 Å². The first-order chi connectivity index (χ1) is 7.65. The number of thioether (sulfide) groups is 1. The van der Waals surface area contributed by atoms with Gasteiger partial charge in [0.1, 0.15) is 0 Å². The van der Waals surface area contributed by atoms with Gasteiger partial charge in [0, 0.05) is 10.6 Å². The molecule has 0 saturated carbocycles. The number of amides is 2. The third-order valence-corrected chi connectivity index (χ3v) is 2.74. The van der Waals surface area contributed by atoms with Crippen molar-refractivity contribution in [3.63, 3.8) is 0 Å². The average Bonchev–Trinajstić information content (AvgIpc) is 2.29. The minimum absolute atomic E-state index is 0.0706. The van der Waals surface area contributed by atoms with Crippen molar-refractivity contribution in [1.29, 1.82) is 0 Å². The standard InChI is InChI=1S/C11H16N2O2S/c1-8(7-14)12-11(15)13-9-3-5-10(16-2)6-4-9/h3-6,8,14H,7H2,1-2H3,(H2,12,13,15)/t8-/m1/s1. The van der Waals surface area contributed by atoms with E-state index < -0.39 is 0 Å². The number of anilines is 1. The van der Waals surface area contributed by atoms with Gasteiger partial charge < -0.3 is 15.7 Å². The first-order valence-electron chi connectivity index (χ1n) is 4.98. The largest absolute Gasteiger partial charge is 0.394 e. The molecule has 0 aromatic heterocycles. The van der Waals surface area contributed by atoms with Gasteiger partial charge in [0.15, 0.2) is 0 Å². The summed E-state index contributed by atoms with van der Waals surface area (Å²) in [4.78, 5) is 12.5. The molecule has 1 atom stereocenters. The molecular weight excluding hydrogens is 224 g/mol. The minimum atomic E-state index is -0.307. The Morgan fingerprint density at radius 1 is 1.44 bits per heavy atom. The van der Waals surface area contributed by atoms with Crippen LogP contribution in [0.15, 0.2) is 29.2 Å². The molecule has 0 unspecified atom stereocenters. The number of benzene rings is 1. The van der Waals surface area contributed by atoms with Gasteiger partial charge >= 0.3 is 6.03 Å². The van der Waals surface area contributed by atoms with E-state index in [0.29, 0.717) is 0 Å². The molecule has 88 valence electrons. The SMILES string of the molecule is CSc1ccc(NC(=O)N[C@H](C)CO)cc1. The molecule has 3 N–H and O–H groups in total. The zero-order valence-corrected chi connectivity index (χ0v) is 10.2. The van der Waals surface area contributed by atoms with Crippen molar-refractivity contribution >= 4 is 23.5 Å². The van der Waals surface area contributed by atoms with Gasteiger partial charge in [0.25, 0.3) is 0 Å². The molecule has 5 heteroatoms. The molecule has 0 radical (unpaired) electrons. The number of hydrogen-bond acceptors (Lipinski definition) is 3. The number of carbonyl (C=O) groups excluding carboxylic acids is 1. The van der Waals surface area contributed by atoms with E-state index in [1.54, 1.807) is 18.7 Å². The summed E-state index contributed by atoms with van der Waals surface area (Å²) in [6, 6.07) is 7.01. The zero-order valence-electron chi connectivity index (χ0n) is 9.36. The quantitative estimate of drug-likeness (QED) is 0.704. The van der Waals surface area contributed by atoms with Gasteiger partial charge in [-0.3, -0.25) is 0 Å². The Kier molecular flexibility index (Phi) is 5.14. The molecule has 0 spiro atoms. The molecule has 0 aliphatic carbocycles. The first-order valence-corrected chi connectivity index (χ1v) is 6.20. The van der Waals surface area contributed by atoms with Crippen molar-refractivity contribution in [2.24, 2.45) is 0 Å². The third kappa shape index (κ3) is 4.12. The molecule has 0 saturated heterocycles. The van der Waals surface area contributed by atoms with Crippen molar-refractivity contribution in [2.75, 3.05) is 18.2 Å². The van der Waals surface area contributed by atoms with Crippen molar-refractivity contribution in [1.82, 2.24) is 5.32 Å². The van der Waals surface area contributed by atoms with Crippen molar-refractivity contribution in [3.8, 4) is 0 Å². The first kappa shape index (κ1) is 12.9. The second kappa shape index (κ2) is 6.40. The predicted molar refractivity (Wildman–Crippen MR) is 66.9 cm³/mol. The summed E-state index contributed by atoms with van der Waals surface area (Å²) < 4.78 is 0. The molecule has 16 heavy (non-hydrogen) atoms. The molecule has 2 amide bonds. The van der Waals surface area contributed by atoms with Crippen LogP contribution >= 0.6 is 11.8 Å². The summed E-state index contributed by atoms with van der Waals surface area (Å²) >= 11 is 1.65. The Bertz CT molecular complexity index is 340. The highest BCUT2D eigenvalue weighted by Crippen LogP contribution is 2.17. The Labute approximate surface area is 99.4 Å². The van der Waals surface area contributed by atoms with Crippen LogP contribution in [-0.2, 0) is 0 Å². The Morgan fingerprint density at radius 3 is 2.56 bits per heavy atom. The molecule has 1 aromatic rings. The lowest BCUT2D eigenvalue weighted by atomic mass is 10.3. The Hall–Kier alpha value is -1.20. The van der Waals surface area contributed by atoms with Crippen LogP contribution in [0.4, 0.5) is 10.5 Å².